The number of nitrogens with zero attached hydrogens (tertiary/aromatic N) is 2. The van der Waals surface area contributed by atoms with Crippen LogP contribution in [0.1, 0.15) is 6.92 Å². The van der Waals surface area contributed by atoms with Crippen LogP contribution in [0.25, 0.3) is 5.53 Å². The Kier molecular flexibility index (Phi) is 3.43. The lowest BCUT2D eigenvalue weighted by atomic mass is 10.4. The third-order valence-corrected chi connectivity index (χ3v) is 0.837. The minimum absolute atomic E-state index is 0.214. The number of rotatable bonds is 2. The molecular weight excluding hydrogens is 177 g/mol. The lowest BCUT2D eigenvalue weighted by Crippen LogP contribution is -2.33. The van der Waals surface area contributed by atoms with Gasteiger partial charge in [-0.2, -0.15) is 18.0 Å². The monoisotopic (exact) mass is 182 g/mol. The van der Waals surface area contributed by atoms with Crippen molar-refractivity contribution in [1.29, 1.82) is 0 Å². The molecule has 0 unspecified atom stereocenters. The number of ether oxygens (including phenoxy) is 1. The fourth-order valence-corrected chi connectivity index (χ4v) is 0.413. The largest absolute Gasteiger partial charge is 0.503 e. The van der Waals surface area contributed by atoms with Crippen LogP contribution in [0.15, 0.2) is 0 Å². The molecule has 0 rings (SSSR count). The first kappa shape index (κ1) is 10.6. The molecule has 0 fully saturated rings. The van der Waals surface area contributed by atoms with Gasteiger partial charge in [0.2, 0.25) is 0 Å². The van der Waals surface area contributed by atoms with Crippen LogP contribution >= 0.6 is 0 Å². The van der Waals surface area contributed by atoms with E-state index < -0.39 is 17.9 Å². The Morgan fingerprint density at radius 2 is 2.08 bits per heavy atom. The van der Waals surface area contributed by atoms with E-state index in [1.165, 1.54) is 6.92 Å². The topological polar surface area (TPSA) is 62.7 Å². The second-order valence-corrected chi connectivity index (χ2v) is 1.67. The summed E-state index contributed by atoms with van der Waals surface area (Å²) < 4.78 is 39.1. The van der Waals surface area contributed by atoms with Gasteiger partial charge in [0.15, 0.2) is 0 Å². The van der Waals surface area contributed by atoms with Crippen LogP contribution < -0.4 is 0 Å². The van der Waals surface area contributed by atoms with Crippen LogP contribution in [0.2, 0.25) is 0 Å². The Balaban J connectivity index is 4.61. The van der Waals surface area contributed by atoms with Crippen molar-refractivity contribution in [3.63, 3.8) is 0 Å². The molecule has 0 saturated heterocycles. The van der Waals surface area contributed by atoms with Gasteiger partial charge in [0.1, 0.15) is 0 Å². The maximum Gasteiger partial charge on any atom is 0.503 e. The molecular formula is C5H5F3N2O2. The van der Waals surface area contributed by atoms with E-state index in [0.29, 0.717) is 0 Å². The Bertz CT molecular complexity index is 229. The summed E-state index contributed by atoms with van der Waals surface area (Å²) in [6.07, 6.45) is -4.99. The molecule has 0 atom stereocenters. The molecule has 0 aromatic heterocycles. The van der Waals surface area contributed by atoms with Gasteiger partial charge >= 0.3 is 17.9 Å². The van der Waals surface area contributed by atoms with Crippen molar-refractivity contribution in [3.8, 4) is 0 Å². The first-order valence-electron chi connectivity index (χ1n) is 2.89. The van der Waals surface area contributed by atoms with Gasteiger partial charge < -0.3 is 10.3 Å². The number of alkyl halides is 3. The standard InChI is InChI=1S/C5H5F3N2O2/c1-2-12-4(11)3(10-9)5(6,7)8/h2H2,1H3. The maximum absolute atomic E-state index is 11.7. The molecule has 0 aliphatic rings. The smallest absolute Gasteiger partial charge is 0.457 e. The second kappa shape index (κ2) is 3.87. The summed E-state index contributed by atoms with van der Waals surface area (Å²) in [5, 5.41) is 0. The molecule has 7 heteroatoms. The van der Waals surface area contributed by atoms with Gasteiger partial charge in [0.05, 0.1) is 6.61 Å². The van der Waals surface area contributed by atoms with E-state index in [2.05, 4.69) is 4.74 Å². The Morgan fingerprint density at radius 1 is 1.58 bits per heavy atom. The van der Waals surface area contributed by atoms with Crippen LogP contribution in [0.5, 0.6) is 0 Å². The molecule has 0 bridgehead atoms. The molecule has 0 amide bonds. The highest BCUT2D eigenvalue weighted by molar-refractivity contribution is 6.36. The zero-order valence-corrected chi connectivity index (χ0v) is 6.05. The number of esters is 1. The summed E-state index contributed by atoms with van der Waals surface area (Å²) in [6.45, 7) is 1.12. The van der Waals surface area contributed by atoms with Crippen LogP contribution in [-0.2, 0) is 9.53 Å². The highest BCUT2D eigenvalue weighted by Gasteiger charge is 2.51. The van der Waals surface area contributed by atoms with Crippen molar-refractivity contribution < 1.29 is 27.5 Å². The zero-order chi connectivity index (χ0) is 9.78. The van der Waals surface area contributed by atoms with E-state index in [1.54, 1.807) is 4.79 Å². The molecule has 0 heterocycles. The molecule has 0 N–H and O–H groups in total. The van der Waals surface area contributed by atoms with Crippen molar-refractivity contribution in [1.82, 2.24) is 0 Å². The van der Waals surface area contributed by atoms with Gasteiger partial charge in [0.25, 0.3) is 0 Å². The second-order valence-electron chi connectivity index (χ2n) is 1.67. The summed E-state index contributed by atoms with van der Waals surface area (Å²) >= 11 is 0. The maximum atomic E-state index is 11.7. The van der Waals surface area contributed by atoms with Crippen LogP contribution in [0.3, 0.4) is 0 Å². The lowest BCUT2D eigenvalue weighted by molar-refractivity contribution is -0.153. The SMILES string of the molecule is CCOC(=O)C(=[N+]=[N-])C(F)(F)F. The fourth-order valence-electron chi connectivity index (χ4n) is 0.413. The van der Waals surface area contributed by atoms with Crippen molar-refractivity contribution in [3.05, 3.63) is 5.53 Å². The first-order valence-corrected chi connectivity index (χ1v) is 2.89. The molecule has 0 aliphatic carbocycles. The fraction of sp³-hybridized carbons (Fsp3) is 0.600. The molecule has 0 spiro atoms. The minimum atomic E-state index is -4.99. The van der Waals surface area contributed by atoms with E-state index in [9.17, 15) is 18.0 Å². The zero-order valence-electron chi connectivity index (χ0n) is 6.05. The third-order valence-electron chi connectivity index (χ3n) is 0.837. The normalized spacial score (nSPS) is 10.3. The molecule has 68 valence electrons. The van der Waals surface area contributed by atoms with Gasteiger partial charge in [-0.25, -0.2) is 4.79 Å². The Hall–Kier alpha value is -1.36. The van der Waals surface area contributed by atoms with Crippen molar-refractivity contribution in [2.75, 3.05) is 6.61 Å². The van der Waals surface area contributed by atoms with E-state index in [0.717, 1.165) is 0 Å². The highest BCUT2D eigenvalue weighted by Crippen LogP contribution is 2.16. The summed E-state index contributed by atoms with van der Waals surface area (Å²) in [5.41, 5.74) is 5.87. The summed E-state index contributed by atoms with van der Waals surface area (Å²) in [5.74, 6) is -1.69. The summed E-state index contributed by atoms with van der Waals surface area (Å²) in [7, 11) is 0. The van der Waals surface area contributed by atoms with Crippen LogP contribution in [-0.4, -0.2) is 29.3 Å². The van der Waals surface area contributed by atoms with E-state index >= 15 is 0 Å². The van der Waals surface area contributed by atoms with Crippen molar-refractivity contribution in [2.24, 2.45) is 0 Å². The van der Waals surface area contributed by atoms with Crippen molar-refractivity contribution >= 4 is 11.7 Å². The van der Waals surface area contributed by atoms with Gasteiger partial charge in [-0.1, -0.05) is 0 Å². The summed E-state index contributed by atoms with van der Waals surface area (Å²) in [6, 6.07) is 0. The predicted molar refractivity (Wildman–Crippen MR) is 31.3 cm³/mol. The molecule has 12 heavy (non-hydrogen) atoms. The van der Waals surface area contributed by atoms with Gasteiger partial charge in [-0.05, 0) is 6.92 Å². The average Bonchev–Trinajstić information content (AvgIpc) is 1.85. The van der Waals surface area contributed by atoms with Gasteiger partial charge in [-0.3, -0.25) is 0 Å². The molecule has 0 radical (unpaired) electrons. The quantitative estimate of drug-likeness (QED) is 0.274. The lowest BCUT2D eigenvalue weighted by Gasteiger charge is -1.99. The third kappa shape index (κ3) is 2.71. The number of carbonyl (C=O) groups is 1. The van der Waals surface area contributed by atoms with Crippen LogP contribution in [0, 0.1) is 0 Å². The van der Waals surface area contributed by atoms with Gasteiger partial charge in [-0.15, -0.1) is 0 Å². The summed E-state index contributed by atoms with van der Waals surface area (Å²) in [4.78, 5) is 12.2. The molecule has 0 saturated carbocycles. The minimum Gasteiger partial charge on any atom is -0.457 e. The van der Waals surface area contributed by atoms with Crippen molar-refractivity contribution in [2.45, 2.75) is 13.1 Å². The first-order chi connectivity index (χ1) is 5.43. The van der Waals surface area contributed by atoms with E-state index in [4.69, 9.17) is 5.53 Å². The Morgan fingerprint density at radius 3 is 2.33 bits per heavy atom. The molecule has 0 aromatic carbocycles. The Labute approximate surface area is 65.6 Å². The number of hydrogen-bond donors (Lipinski definition) is 0. The predicted octanol–water partition coefficient (Wildman–Crippen LogP) is 0.783. The molecule has 0 aromatic rings. The average molecular weight is 182 g/mol. The molecule has 0 aliphatic heterocycles. The number of halogens is 3. The highest BCUT2D eigenvalue weighted by atomic mass is 19.4. The molecule has 4 nitrogen and oxygen atoms in total. The van der Waals surface area contributed by atoms with E-state index in [1.807, 2.05) is 0 Å². The van der Waals surface area contributed by atoms with E-state index in [-0.39, 0.29) is 6.61 Å². The number of carbonyl (C=O) groups excluding carboxylic acids is 1. The van der Waals surface area contributed by atoms with Crippen LogP contribution in [0.4, 0.5) is 13.2 Å². The van der Waals surface area contributed by atoms with Gasteiger partial charge in [0, 0.05) is 0 Å². The number of hydrogen-bond acceptors (Lipinski definition) is 2.